The summed E-state index contributed by atoms with van der Waals surface area (Å²) in [4.78, 5) is 23.0. The van der Waals surface area contributed by atoms with Crippen LogP contribution in [-0.4, -0.2) is 30.2 Å². The first-order chi connectivity index (χ1) is 14.1. The number of nitrogens with one attached hydrogen (secondary N) is 1. The van der Waals surface area contributed by atoms with Gasteiger partial charge < -0.3 is 19.9 Å². The van der Waals surface area contributed by atoms with Gasteiger partial charge in [0.15, 0.2) is 0 Å². The SMILES string of the molecule is O=C(O)c1ccc(OCCOc2ccc(C(=O)NCc3ccccc3)cc2)cc1. The van der Waals surface area contributed by atoms with E-state index < -0.39 is 5.97 Å². The molecule has 0 aliphatic rings. The van der Waals surface area contributed by atoms with Crippen molar-refractivity contribution in [1.29, 1.82) is 0 Å². The van der Waals surface area contributed by atoms with Crippen LogP contribution in [0, 0.1) is 0 Å². The summed E-state index contributed by atoms with van der Waals surface area (Å²) in [5, 5.41) is 11.7. The van der Waals surface area contributed by atoms with E-state index in [9.17, 15) is 9.59 Å². The minimum Gasteiger partial charge on any atom is -0.490 e. The molecule has 0 aromatic heterocycles. The number of carbonyl (C=O) groups is 2. The molecule has 0 radical (unpaired) electrons. The summed E-state index contributed by atoms with van der Waals surface area (Å²) in [5.41, 5.74) is 1.81. The van der Waals surface area contributed by atoms with Gasteiger partial charge in [-0.3, -0.25) is 4.79 Å². The number of hydrogen-bond donors (Lipinski definition) is 2. The van der Waals surface area contributed by atoms with Crippen LogP contribution < -0.4 is 14.8 Å². The molecule has 6 nitrogen and oxygen atoms in total. The lowest BCUT2D eigenvalue weighted by atomic mass is 10.2. The zero-order valence-corrected chi connectivity index (χ0v) is 15.7. The number of carbonyl (C=O) groups excluding carboxylic acids is 1. The maximum absolute atomic E-state index is 12.2. The zero-order valence-electron chi connectivity index (χ0n) is 15.7. The van der Waals surface area contributed by atoms with Crippen molar-refractivity contribution < 1.29 is 24.2 Å². The fraction of sp³-hybridized carbons (Fsp3) is 0.130. The molecule has 0 aliphatic heterocycles. The van der Waals surface area contributed by atoms with E-state index in [2.05, 4.69) is 5.32 Å². The summed E-state index contributed by atoms with van der Waals surface area (Å²) in [6.45, 7) is 1.11. The highest BCUT2D eigenvalue weighted by molar-refractivity contribution is 5.94. The molecule has 0 spiro atoms. The van der Waals surface area contributed by atoms with Crippen LogP contribution in [0.4, 0.5) is 0 Å². The third-order valence-electron chi connectivity index (χ3n) is 4.13. The fourth-order valence-electron chi connectivity index (χ4n) is 2.60. The van der Waals surface area contributed by atoms with Crippen LogP contribution in [0.3, 0.4) is 0 Å². The number of benzene rings is 3. The Labute approximate surface area is 168 Å². The van der Waals surface area contributed by atoms with Crippen LogP contribution in [-0.2, 0) is 6.54 Å². The van der Waals surface area contributed by atoms with Crippen LogP contribution >= 0.6 is 0 Å². The third-order valence-corrected chi connectivity index (χ3v) is 4.13. The highest BCUT2D eigenvalue weighted by Crippen LogP contribution is 2.14. The first-order valence-corrected chi connectivity index (χ1v) is 9.13. The molecule has 0 saturated carbocycles. The van der Waals surface area contributed by atoms with Crippen molar-refractivity contribution in [2.45, 2.75) is 6.54 Å². The number of aromatic carboxylic acids is 1. The number of amides is 1. The Bertz CT molecular complexity index is 937. The van der Waals surface area contributed by atoms with Gasteiger partial charge in [0.1, 0.15) is 24.7 Å². The first kappa shape index (κ1) is 19.9. The normalized spacial score (nSPS) is 10.2. The van der Waals surface area contributed by atoms with Gasteiger partial charge in [0.05, 0.1) is 5.56 Å². The van der Waals surface area contributed by atoms with Crippen molar-refractivity contribution in [3.8, 4) is 11.5 Å². The van der Waals surface area contributed by atoms with Gasteiger partial charge in [0, 0.05) is 12.1 Å². The van der Waals surface area contributed by atoms with E-state index in [4.69, 9.17) is 14.6 Å². The van der Waals surface area contributed by atoms with E-state index in [0.29, 0.717) is 36.8 Å². The Morgan fingerprint density at radius 1 is 0.724 bits per heavy atom. The minimum absolute atomic E-state index is 0.145. The zero-order chi connectivity index (χ0) is 20.5. The Hall–Kier alpha value is -3.80. The van der Waals surface area contributed by atoms with Crippen molar-refractivity contribution in [3.63, 3.8) is 0 Å². The predicted molar refractivity (Wildman–Crippen MR) is 108 cm³/mol. The fourth-order valence-corrected chi connectivity index (χ4v) is 2.60. The van der Waals surface area contributed by atoms with Gasteiger partial charge in [0.25, 0.3) is 5.91 Å². The molecule has 0 heterocycles. The van der Waals surface area contributed by atoms with E-state index >= 15 is 0 Å². The molecule has 0 saturated heterocycles. The molecule has 6 heteroatoms. The first-order valence-electron chi connectivity index (χ1n) is 9.13. The molecule has 0 aliphatic carbocycles. The number of carboxylic acid groups (broad SMARTS) is 1. The quantitative estimate of drug-likeness (QED) is 0.543. The second-order valence-corrected chi connectivity index (χ2v) is 6.22. The lowest BCUT2D eigenvalue weighted by Gasteiger charge is -2.09. The maximum Gasteiger partial charge on any atom is 0.335 e. The van der Waals surface area contributed by atoms with Gasteiger partial charge in [-0.05, 0) is 54.1 Å². The molecule has 0 unspecified atom stereocenters. The standard InChI is InChI=1S/C23H21NO5/c25-22(24-16-17-4-2-1-3-5-17)18-6-10-20(11-7-18)28-14-15-29-21-12-8-19(9-13-21)23(26)27/h1-13H,14-16H2,(H,24,25)(H,26,27). The molecule has 0 bridgehead atoms. The predicted octanol–water partition coefficient (Wildman–Crippen LogP) is 3.77. The van der Waals surface area contributed by atoms with E-state index in [1.807, 2.05) is 30.3 Å². The van der Waals surface area contributed by atoms with Crippen molar-refractivity contribution in [1.82, 2.24) is 5.32 Å². The van der Waals surface area contributed by atoms with Crippen molar-refractivity contribution >= 4 is 11.9 Å². The minimum atomic E-state index is -0.975. The summed E-state index contributed by atoms with van der Waals surface area (Å²) < 4.78 is 11.1. The Morgan fingerprint density at radius 2 is 1.24 bits per heavy atom. The van der Waals surface area contributed by atoms with Crippen LogP contribution in [0.5, 0.6) is 11.5 Å². The van der Waals surface area contributed by atoms with Gasteiger partial charge in [-0.2, -0.15) is 0 Å². The summed E-state index contributed by atoms with van der Waals surface area (Å²) in [6.07, 6.45) is 0. The van der Waals surface area contributed by atoms with E-state index in [0.717, 1.165) is 5.56 Å². The highest BCUT2D eigenvalue weighted by Gasteiger charge is 2.06. The maximum atomic E-state index is 12.2. The number of hydrogen-bond acceptors (Lipinski definition) is 4. The smallest absolute Gasteiger partial charge is 0.335 e. The molecule has 3 aromatic rings. The molecular formula is C23H21NO5. The molecule has 0 atom stereocenters. The van der Waals surface area contributed by atoms with E-state index in [-0.39, 0.29) is 11.5 Å². The van der Waals surface area contributed by atoms with Gasteiger partial charge >= 0.3 is 5.97 Å². The van der Waals surface area contributed by atoms with Crippen LogP contribution in [0.2, 0.25) is 0 Å². The van der Waals surface area contributed by atoms with E-state index in [1.54, 1.807) is 36.4 Å². The summed E-state index contributed by atoms with van der Waals surface area (Å²) in [6, 6.07) is 22.8. The molecule has 0 fully saturated rings. The largest absolute Gasteiger partial charge is 0.490 e. The van der Waals surface area contributed by atoms with Crippen molar-refractivity contribution in [3.05, 3.63) is 95.6 Å². The Balaban J connectivity index is 1.40. The second-order valence-electron chi connectivity index (χ2n) is 6.22. The van der Waals surface area contributed by atoms with Crippen LogP contribution in [0.25, 0.3) is 0 Å². The van der Waals surface area contributed by atoms with Crippen LogP contribution in [0.1, 0.15) is 26.3 Å². The number of ether oxygens (including phenoxy) is 2. The molecule has 1 amide bonds. The Morgan fingerprint density at radius 3 is 1.76 bits per heavy atom. The van der Waals surface area contributed by atoms with Crippen molar-refractivity contribution in [2.24, 2.45) is 0 Å². The average molecular weight is 391 g/mol. The Kier molecular flexibility index (Phi) is 6.84. The van der Waals surface area contributed by atoms with E-state index in [1.165, 1.54) is 12.1 Å². The molecule has 148 valence electrons. The molecule has 3 aromatic carbocycles. The highest BCUT2D eigenvalue weighted by atomic mass is 16.5. The van der Waals surface area contributed by atoms with Gasteiger partial charge in [-0.1, -0.05) is 30.3 Å². The number of carboxylic acids is 1. The molecular weight excluding hydrogens is 370 g/mol. The lowest BCUT2D eigenvalue weighted by molar-refractivity contribution is 0.0696. The van der Waals surface area contributed by atoms with Crippen LogP contribution in [0.15, 0.2) is 78.9 Å². The number of rotatable bonds is 9. The molecule has 29 heavy (non-hydrogen) atoms. The lowest BCUT2D eigenvalue weighted by Crippen LogP contribution is -2.22. The second kappa shape index (κ2) is 9.94. The topological polar surface area (TPSA) is 84.9 Å². The summed E-state index contributed by atoms with van der Waals surface area (Å²) >= 11 is 0. The van der Waals surface area contributed by atoms with Gasteiger partial charge in [0.2, 0.25) is 0 Å². The van der Waals surface area contributed by atoms with Gasteiger partial charge in [-0.15, -0.1) is 0 Å². The monoisotopic (exact) mass is 391 g/mol. The average Bonchev–Trinajstić information content (AvgIpc) is 2.76. The molecule has 3 rings (SSSR count). The third kappa shape index (κ3) is 6.10. The summed E-state index contributed by atoms with van der Waals surface area (Å²) in [5.74, 6) is 0.0871. The molecule has 2 N–H and O–H groups in total. The van der Waals surface area contributed by atoms with Gasteiger partial charge in [-0.25, -0.2) is 4.79 Å². The summed E-state index contributed by atoms with van der Waals surface area (Å²) in [7, 11) is 0. The van der Waals surface area contributed by atoms with Crippen molar-refractivity contribution in [2.75, 3.05) is 13.2 Å².